The molecule has 2 heterocycles. The van der Waals surface area contributed by atoms with Crippen molar-refractivity contribution in [3.05, 3.63) is 89.3 Å². The topological polar surface area (TPSA) is 89.0 Å². The molecule has 1 amide bonds. The summed E-state index contributed by atoms with van der Waals surface area (Å²) in [5.74, 6) is -0.392. The summed E-state index contributed by atoms with van der Waals surface area (Å²) in [6.07, 6.45) is 1.60. The number of aromatic nitrogens is 1. The van der Waals surface area contributed by atoms with Crippen LogP contribution in [0.1, 0.15) is 57.5 Å². The molecule has 1 fully saturated rings. The van der Waals surface area contributed by atoms with Crippen molar-refractivity contribution in [3.63, 3.8) is 0 Å². The van der Waals surface area contributed by atoms with Gasteiger partial charge in [0.2, 0.25) is 0 Å². The Labute approximate surface area is 217 Å². The molecule has 0 spiro atoms. The first-order valence-corrected chi connectivity index (χ1v) is 12.4. The van der Waals surface area contributed by atoms with Crippen LogP contribution in [0.5, 0.6) is 11.5 Å². The highest BCUT2D eigenvalue weighted by Crippen LogP contribution is 2.43. The van der Waals surface area contributed by atoms with Crippen molar-refractivity contribution in [2.75, 3.05) is 18.1 Å². The molecular weight excluding hydrogens is 468 g/mol. The zero-order valence-electron chi connectivity index (χ0n) is 21.8. The maximum Gasteiger partial charge on any atom is 0.300 e. The minimum atomic E-state index is -0.899. The number of ether oxygens (including phenoxy) is 2. The maximum absolute atomic E-state index is 13.4. The molecule has 192 valence electrons. The van der Waals surface area contributed by atoms with Crippen LogP contribution in [0.15, 0.2) is 72.4 Å². The van der Waals surface area contributed by atoms with Gasteiger partial charge in [0.15, 0.2) is 0 Å². The lowest BCUT2D eigenvalue weighted by Crippen LogP contribution is -2.29. The third-order valence-corrected chi connectivity index (χ3v) is 6.20. The summed E-state index contributed by atoms with van der Waals surface area (Å²) in [5, 5.41) is 11.5. The summed E-state index contributed by atoms with van der Waals surface area (Å²) >= 11 is 0. The average molecular weight is 501 g/mol. The molecule has 37 heavy (non-hydrogen) atoms. The van der Waals surface area contributed by atoms with Crippen molar-refractivity contribution in [1.29, 1.82) is 0 Å². The second-order valence-corrected chi connectivity index (χ2v) is 9.74. The maximum atomic E-state index is 13.4. The van der Waals surface area contributed by atoms with Crippen LogP contribution in [-0.2, 0) is 15.0 Å². The van der Waals surface area contributed by atoms with Crippen LogP contribution in [-0.4, -0.2) is 35.0 Å². The van der Waals surface area contributed by atoms with Gasteiger partial charge in [-0.1, -0.05) is 26.8 Å². The van der Waals surface area contributed by atoms with Crippen LogP contribution in [0.25, 0.3) is 5.76 Å². The first-order valence-electron chi connectivity index (χ1n) is 12.4. The van der Waals surface area contributed by atoms with E-state index in [1.54, 1.807) is 60.8 Å². The van der Waals surface area contributed by atoms with E-state index in [1.807, 2.05) is 40.7 Å². The summed E-state index contributed by atoms with van der Waals surface area (Å²) in [6, 6.07) is 16.6. The molecule has 1 aliphatic rings. The van der Waals surface area contributed by atoms with Crippen molar-refractivity contribution < 1.29 is 24.2 Å². The van der Waals surface area contributed by atoms with Crippen molar-refractivity contribution in [2.24, 2.45) is 0 Å². The number of carbonyl (C=O) groups excluding carboxylic acids is 2. The van der Waals surface area contributed by atoms with Gasteiger partial charge in [0, 0.05) is 23.0 Å². The second-order valence-electron chi connectivity index (χ2n) is 9.74. The minimum absolute atomic E-state index is 0.0124. The number of hydrogen-bond acceptors (Lipinski definition) is 6. The van der Waals surface area contributed by atoms with Crippen LogP contribution in [0.4, 0.5) is 5.69 Å². The quantitative estimate of drug-likeness (QED) is 0.250. The largest absolute Gasteiger partial charge is 0.507 e. The van der Waals surface area contributed by atoms with Crippen LogP contribution in [0, 0.1) is 0 Å². The van der Waals surface area contributed by atoms with Crippen LogP contribution in [0.2, 0.25) is 0 Å². The summed E-state index contributed by atoms with van der Waals surface area (Å²) in [6.45, 7) is 11.0. The Morgan fingerprint density at radius 2 is 1.68 bits per heavy atom. The number of aliphatic hydroxyl groups is 1. The van der Waals surface area contributed by atoms with E-state index in [0.29, 0.717) is 41.7 Å². The number of ketones is 1. The molecular formula is C30H32N2O5. The highest BCUT2D eigenvalue weighted by Gasteiger charge is 2.47. The van der Waals surface area contributed by atoms with Crippen LogP contribution in [0.3, 0.4) is 0 Å². The molecule has 1 aromatic heterocycles. The van der Waals surface area contributed by atoms with Gasteiger partial charge in [-0.05, 0) is 73.9 Å². The molecule has 1 unspecified atom stereocenters. The number of carbonyl (C=O) groups is 2. The van der Waals surface area contributed by atoms with E-state index in [2.05, 4.69) is 4.98 Å². The average Bonchev–Trinajstić information content (AvgIpc) is 3.15. The Balaban J connectivity index is 1.89. The molecule has 1 N–H and O–H groups in total. The number of aliphatic hydroxyl groups excluding tert-OH is 1. The predicted molar refractivity (Wildman–Crippen MR) is 143 cm³/mol. The third kappa shape index (κ3) is 5.07. The zero-order chi connectivity index (χ0) is 26.7. The fourth-order valence-corrected chi connectivity index (χ4v) is 4.49. The number of hydrogen-bond donors (Lipinski definition) is 1. The van der Waals surface area contributed by atoms with Crippen molar-refractivity contribution >= 4 is 23.1 Å². The third-order valence-electron chi connectivity index (χ3n) is 6.20. The van der Waals surface area contributed by atoms with E-state index in [1.165, 1.54) is 4.90 Å². The number of rotatable bonds is 7. The second kappa shape index (κ2) is 10.5. The highest BCUT2D eigenvalue weighted by atomic mass is 16.5. The molecule has 1 atom stereocenters. The lowest BCUT2D eigenvalue weighted by molar-refractivity contribution is -0.132. The Kier molecular flexibility index (Phi) is 7.34. The number of nitrogens with zero attached hydrogens (tertiary/aromatic N) is 2. The Morgan fingerprint density at radius 1 is 0.973 bits per heavy atom. The van der Waals surface area contributed by atoms with E-state index in [9.17, 15) is 14.7 Å². The van der Waals surface area contributed by atoms with E-state index < -0.39 is 17.7 Å². The predicted octanol–water partition coefficient (Wildman–Crippen LogP) is 5.80. The fourth-order valence-electron chi connectivity index (χ4n) is 4.49. The normalized spacial score (nSPS) is 17.2. The minimum Gasteiger partial charge on any atom is -0.507 e. The lowest BCUT2D eigenvalue weighted by Gasteiger charge is -2.25. The smallest absolute Gasteiger partial charge is 0.300 e. The number of benzene rings is 2. The van der Waals surface area contributed by atoms with Gasteiger partial charge in [0.05, 0.1) is 24.5 Å². The fraction of sp³-hybridized carbons (Fsp3) is 0.300. The molecule has 3 aromatic rings. The van der Waals surface area contributed by atoms with Crippen LogP contribution >= 0.6 is 0 Å². The van der Waals surface area contributed by atoms with E-state index in [0.717, 1.165) is 5.56 Å². The molecule has 1 saturated heterocycles. The highest BCUT2D eigenvalue weighted by molar-refractivity contribution is 6.51. The molecule has 7 nitrogen and oxygen atoms in total. The van der Waals surface area contributed by atoms with Crippen LogP contribution < -0.4 is 14.4 Å². The van der Waals surface area contributed by atoms with Crippen molar-refractivity contribution in [2.45, 2.75) is 46.1 Å². The molecule has 7 heteroatoms. The monoisotopic (exact) mass is 500 g/mol. The van der Waals surface area contributed by atoms with Crippen molar-refractivity contribution in [3.8, 4) is 11.5 Å². The van der Waals surface area contributed by atoms with Gasteiger partial charge in [-0.3, -0.25) is 19.5 Å². The summed E-state index contributed by atoms with van der Waals surface area (Å²) in [7, 11) is 0. The molecule has 1 aliphatic heterocycles. The summed E-state index contributed by atoms with van der Waals surface area (Å²) in [5.41, 5.74) is 1.99. The lowest BCUT2D eigenvalue weighted by atomic mass is 9.84. The van der Waals surface area contributed by atoms with Gasteiger partial charge in [0.1, 0.15) is 23.3 Å². The molecule has 0 bridgehead atoms. The number of Topliss-reactive ketones (excluding diaryl/α,β-unsaturated/α-hetero) is 1. The van der Waals surface area contributed by atoms with E-state index >= 15 is 0 Å². The Bertz CT molecular complexity index is 1320. The van der Waals surface area contributed by atoms with Crippen molar-refractivity contribution in [1.82, 2.24) is 4.98 Å². The number of pyridine rings is 1. The SMILES string of the molecule is CCOc1ccc(N2C(=O)C(=O)/C(=C(\O)c3ccc(OCC)c(C(C)(C)C)c3)C2c2ccccn2)cc1. The van der Waals surface area contributed by atoms with Gasteiger partial charge >= 0.3 is 0 Å². The van der Waals surface area contributed by atoms with E-state index in [-0.39, 0.29) is 16.7 Å². The van der Waals surface area contributed by atoms with Gasteiger partial charge in [-0.25, -0.2) is 0 Å². The van der Waals surface area contributed by atoms with Gasteiger partial charge < -0.3 is 14.6 Å². The first kappa shape index (κ1) is 25.9. The summed E-state index contributed by atoms with van der Waals surface area (Å²) < 4.78 is 11.3. The first-order chi connectivity index (χ1) is 17.7. The number of anilines is 1. The summed E-state index contributed by atoms with van der Waals surface area (Å²) in [4.78, 5) is 32.6. The molecule has 0 aliphatic carbocycles. The number of amides is 1. The van der Waals surface area contributed by atoms with Gasteiger partial charge in [0.25, 0.3) is 11.7 Å². The Morgan fingerprint density at radius 3 is 2.27 bits per heavy atom. The Hall–Kier alpha value is -4.13. The van der Waals surface area contributed by atoms with E-state index in [4.69, 9.17) is 9.47 Å². The molecule has 0 radical (unpaired) electrons. The molecule has 4 rings (SSSR count). The van der Waals surface area contributed by atoms with Gasteiger partial charge in [-0.15, -0.1) is 0 Å². The standard InChI is InChI=1S/C30H32N2O5/c1-6-36-21-14-12-20(13-15-21)32-26(23-10-8-9-17-31-23)25(28(34)29(32)35)27(33)19-11-16-24(37-7-2)22(18-19)30(3,4)5/h8-18,26,33H,6-7H2,1-5H3/b27-25-. The molecule has 2 aromatic carbocycles. The van der Waals surface area contributed by atoms with Gasteiger partial charge in [-0.2, -0.15) is 0 Å². The zero-order valence-corrected chi connectivity index (χ0v) is 21.8. The molecule has 0 saturated carbocycles.